The third-order valence-electron chi connectivity index (χ3n) is 3.20. The maximum Gasteiger partial charge on any atom is 0.416 e. The van der Waals surface area contributed by atoms with Crippen molar-refractivity contribution < 1.29 is 13.2 Å². The molecular formula is C14H17F3N2. The van der Waals surface area contributed by atoms with E-state index >= 15 is 0 Å². The van der Waals surface area contributed by atoms with Gasteiger partial charge in [-0.2, -0.15) is 18.4 Å². The van der Waals surface area contributed by atoms with E-state index in [1.54, 1.807) is 6.07 Å². The Labute approximate surface area is 111 Å². The second-order valence-electron chi connectivity index (χ2n) is 4.43. The van der Waals surface area contributed by atoms with Crippen molar-refractivity contribution in [2.45, 2.75) is 32.9 Å². The standard InChI is InChI=1S/C14H17F3N2/c1-3-10(4-2)9-19-13-6-5-12(14(15,16)17)7-11(13)8-18/h5-7,10,19H,3-4,9H2,1-2H3. The van der Waals surface area contributed by atoms with Gasteiger partial charge in [-0.1, -0.05) is 26.7 Å². The molecule has 2 nitrogen and oxygen atoms in total. The van der Waals surface area contributed by atoms with Gasteiger partial charge in [0.2, 0.25) is 0 Å². The topological polar surface area (TPSA) is 35.8 Å². The number of hydrogen-bond acceptors (Lipinski definition) is 2. The highest BCUT2D eigenvalue weighted by atomic mass is 19.4. The summed E-state index contributed by atoms with van der Waals surface area (Å²) < 4.78 is 37.6. The normalized spacial score (nSPS) is 11.4. The molecule has 0 radical (unpaired) electrons. The van der Waals surface area contributed by atoms with E-state index in [-0.39, 0.29) is 5.56 Å². The van der Waals surface area contributed by atoms with E-state index in [2.05, 4.69) is 19.2 Å². The SMILES string of the molecule is CCC(CC)CNc1ccc(C(F)(F)F)cc1C#N. The summed E-state index contributed by atoms with van der Waals surface area (Å²) in [4.78, 5) is 0. The molecule has 104 valence electrons. The summed E-state index contributed by atoms with van der Waals surface area (Å²) in [5, 5.41) is 12.0. The smallest absolute Gasteiger partial charge is 0.384 e. The third kappa shape index (κ3) is 4.16. The summed E-state index contributed by atoms with van der Waals surface area (Å²) in [5.74, 6) is 0.453. The maximum absolute atomic E-state index is 12.5. The fourth-order valence-corrected chi connectivity index (χ4v) is 1.80. The molecule has 0 unspecified atom stereocenters. The summed E-state index contributed by atoms with van der Waals surface area (Å²) in [6, 6.07) is 5.01. The molecule has 0 heterocycles. The van der Waals surface area contributed by atoms with Crippen LogP contribution in [0.5, 0.6) is 0 Å². The molecule has 0 saturated carbocycles. The molecule has 0 amide bonds. The van der Waals surface area contributed by atoms with E-state index in [0.29, 0.717) is 18.2 Å². The summed E-state index contributed by atoms with van der Waals surface area (Å²) in [7, 11) is 0. The Hall–Kier alpha value is -1.70. The molecule has 0 aliphatic rings. The van der Waals surface area contributed by atoms with E-state index in [1.807, 2.05) is 0 Å². The lowest BCUT2D eigenvalue weighted by molar-refractivity contribution is -0.137. The number of hydrogen-bond donors (Lipinski definition) is 1. The van der Waals surface area contributed by atoms with Crippen molar-refractivity contribution in [1.29, 1.82) is 5.26 Å². The van der Waals surface area contributed by atoms with Crippen molar-refractivity contribution in [2.75, 3.05) is 11.9 Å². The van der Waals surface area contributed by atoms with Crippen LogP contribution < -0.4 is 5.32 Å². The molecule has 0 aliphatic heterocycles. The van der Waals surface area contributed by atoms with Gasteiger partial charge in [-0.25, -0.2) is 0 Å². The first-order valence-electron chi connectivity index (χ1n) is 6.27. The van der Waals surface area contributed by atoms with Crippen LogP contribution in [-0.4, -0.2) is 6.54 Å². The Balaban J connectivity index is 2.89. The van der Waals surface area contributed by atoms with E-state index in [4.69, 9.17) is 5.26 Å². The van der Waals surface area contributed by atoms with Gasteiger partial charge in [-0.15, -0.1) is 0 Å². The van der Waals surface area contributed by atoms with Crippen molar-refractivity contribution in [3.8, 4) is 6.07 Å². The Bertz CT molecular complexity index is 457. The average molecular weight is 270 g/mol. The number of alkyl halides is 3. The predicted octanol–water partition coefficient (Wildman–Crippen LogP) is 4.43. The molecule has 1 aromatic carbocycles. The van der Waals surface area contributed by atoms with Crippen LogP contribution in [0.1, 0.15) is 37.8 Å². The second kappa shape index (κ2) is 6.46. The number of nitriles is 1. The summed E-state index contributed by atoms with van der Waals surface area (Å²) in [6.45, 7) is 4.79. The number of anilines is 1. The number of benzene rings is 1. The molecule has 0 bridgehead atoms. The number of rotatable bonds is 5. The minimum Gasteiger partial charge on any atom is -0.384 e. The Morgan fingerprint density at radius 2 is 1.89 bits per heavy atom. The van der Waals surface area contributed by atoms with Crippen LogP contribution in [0, 0.1) is 17.2 Å². The van der Waals surface area contributed by atoms with Crippen LogP contribution in [0.3, 0.4) is 0 Å². The minimum absolute atomic E-state index is 0.0285. The van der Waals surface area contributed by atoms with Crippen molar-refractivity contribution in [3.63, 3.8) is 0 Å². The zero-order valence-corrected chi connectivity index (χ0v) is 11.0. The third-order valence-corrected chi connectivity index (χ3v) is 3.20. The highest BCUT2D eigenvalue weighted by molar-refractivity contribution is 5.59. The van der Waals surface area contributed by atoms with Gasteiger partial charge >= 0.3 is 6.18 Å². The molecule has 0 aromatic heterocycles. The number of nitrogens with one attached hydrogen (secondary N) is 1. The van der Waals surface area contributed by atoms with Crippen LogP contribution in [0.15, 0.2) is 18.2 Å². The van der Waals surface area contributed by atoms with Crippen LogP contribution in [-0.2, 0) is 6.18 Å². The van der Waals surface area contributed by atoms with Crippen molar-refractivity contribution >= 4 is 5.69 Å². The van der Waals surface area contributed by atoms with Crippen molar-refractivity contribution in [1.82, 2.24) is 0 Å². The Kier molecular flexibility index (Phi) is 5.22. The second-order valence-corrected chi connectivity index (χ2v) is 4.43. The lowest BCUT2D eigenvalue weighted by Crippen LogP contribution is -2.14. The predicted molar refractivity (Wildman–Crippen MR) is 68.7 cm³/mol. The molecule has 0 atom stereocenters. The van der Waals surface area contributed by atoms with Gasteiger partial charge in [0.05, 0.1) is 16.8 Å². The van der Waals surface area contributed by atoms with E-state index < -0.39 is 11.7 Å². The summed E-state index contributed by atoms with van der Waals surface area (Å²) in [5.41, 5.74) is -0.305. The first-order valence-corrected chi connectivity index (χ1v) is 6.27. The fourth-order valence-electron chi connectivity index (χ4n) is 1.80. The molecule has 0 aliphatic carbocycles. The molecular weight excluding hydrogens is 253 g/mol. The lowest BCUT2D eigenvalue weighted by atomic mass is 10.0. The maximum atomic E-state index is 12.5. The van der Waals surface area contributed by atoms with Gasteiger partial charge in [0.15, 0.2) is 0 Å². The fraction of sp³-hybridized carbons (Fsp3) is 0.500. The molecule has 1 aromatic rings. The molecule has 0 saturated heterocycles. The molecule has 19 heavy (non-hydrogen) atoms. The highest BCUT2D eigenvalue weighted by Crippen LogP contribution is 2.31. The summed E-state index contributed by atoms with van der Waals surface area (Å²) >= 11 is 0. The average Bonchev–Trinajstić information content (AvgIpc) is 2.38. The minimum atomic E-state index is -4.42. The quantitative estimate of drug-likeness (QED) is 0.859. The molecule has 1 rings (SSSR count). The van der Waals surface area contributed by atoms with Crippen LogP contribution in [0.2, 0.25) is 0 Å². The molecule has 0 fully saturated rings. The zero-order chi connectivity index (χ0) is 14.5. The lowest BCUT2D eigenvalue weighted by Gasteiger charge is -2.16. The largest absolute Gasteiger partial charge is 0.416 e. The number of nitrogens with zero attached hydrogens (tertiary/aromatic N) is 1. The van der Waals surface area contributed by atoms with Crippen LogP contribution in [0.4, 0.5) is 18.9 Å². The number of halogens is 3. The van der Waals surface area contributed by atoms with Crippen LogP contribution in [0.25, 0.3) is 0 Å². The van der Waals surface area contributed by atoms with Crippen molar-refractivity contribution in [3.05, 3.63) is 29.3 Å². The molecule has 1 N–H and O–H groups in total. The van der Waals surface area contributed by atoms with Crippen molar-refractivity contribution in [2.24, 2.45) is 5.92 Å². The van der Waals surface area contributed by atoms with Gasteiger partial charge in [0.25, 0.3) is 0 Å². The van der Waals surface area contributed by atoms with Gasteiger partial charge in [-0.05, 0) is 24.1 Å². The summed E-state index contributed by atoms with van der Waals surface area (Å²) in [6.07, 6.45) is -2.43. The van der Waals surface area contributed by atoms with Gasteiger partial charge in [0, 0.05) is 6.54 Å². The molecule has 0 spiro atoms. The van der Waals surface area contributed by atoms with E-state index in [0.717, 1.165) is 25.0 Å². The van der Waals surface area contributed by atoms with Crippen LogP contribution >= 0.6 is 0 Å². The Morgan fingerprint density at radius 1 is 1.26 bits per heavy atom. The van der Waals surface area contributed by atoms with Gasteiger partial charge in [-0.3, -0.25) is 0 Å². The highest BCUT2D eigenvalue weighted by Gasteiger charge is 2.31. The Morgan fingerprint density at radius 3 is 2.37 bits per heavy atom. The first-order chi connectivity index (χ1) is 8.92. The first kappa shape index (κ1) is 15.4. The van der Waals surface area contributed by atoms with Gasteiger partial charge < -0.3 is 5.32 Å². The zero-order valence-electron chi connectivity index (χ0n) is 11.0. The monoisotopic (exact) mass is 270 g/mol. The van der Waals surface area contributed by atoms with Gasteiger partial charge in [0.1, 0.15) is 6.07 Å². The van der Waals surface area contributed by atoms with E-state index in [1.165, 1.54) is 6.07 Å². The molecule has 5 heteroatoms. The van der Waals surface area contributed by atoms with E-state index in [9.17, 15) is 13.2 Å².